The van der Waals surface area contributed by atoms with Crippen molar-refractivity contribution in [2.45, 2.75) is 245 Å². The standard InChI is InChI=1S/C76H121NO8/c1-6-8-10-12-14-16-18-20-22-24-26-28-29-30-31-32-33-34-35-36-37-38-39-40-41-42-43-44-45-47-49-51-53-55-57-59-61-63-65-67-74(79)85-72(71-84-76(75(80)81)82-69-68-77(3,4)5)70-83-73(78)66-64-62-60-58-56-54-52-50-48-46-27-25-23-21-19-17-15-13-11-9-7-2/h8-11,14-17,20-23,26-28,30-31,33-34,36-37,39-40,42-43,45-47,72,76H,6-7,12-13,18-19,24-25,29,32,35,38,41,44,48-71H2,1-5H3/p+1/b10-8-,11-9-,16-14-,17-15-,22-20-,23-21-,28-26-,31-30-,34-33-,37-36-,40-39-,43-42-,46-27-,47-45-. The fraction of sp³-hybridized carbons (Fsp3) is 0.592. The maximum atomic E-state index is 12.9. The zero-order valence-corrected chi connectivity index (χ0v) is 54.4. The van der Waals surface area contributed by atoms with Gasteiger partial charge < -0.3 is 28.5 Å². The quantitative estimate of drug-likeness (QED) is 0.0211. The minimum atomic E-state index is -1.53. The van der Waals surface area contributed by atoms with Crippen LogP contribution in [0.15, 0.2) is 170 Å². The highest BCUT2D eigenvalue weighted by molar-refractivity contribution is 5.71. The summed E-state index contributed by atoms with van der Waals surface area (Å²) in [7, 11) is 5.95. The van der Waals surface area contributed by atoms with Crippen molar-refractivity contribution in [3.8, 4) is 0 Å². The lowest BCUT2D eigenvalue weighted by atomic mass is 10.1. The van der Waals surface area contributed by atoms with E-state index >= 15 is 0 Å². The number of carboxylic acids is 1. The molecule has 0 aromatic carbocycles. The predicted molar refractivity (Wildman–Crippen MR) is 363 cm³/mol. The Morgan fingerprint density at radius 1 is 0.353 bits per heavy atom. The summed E-state index contributed by atoms with van der Waals surface area (Å²) in [5, 5.41) is 9.73. The van der Waals surface area contributed by atoms with E-state index in [-0.39, 0.29) is 38.6 Å². The van der Waals surface area contributed by atoms with E-state index in [1.54, 1.807) is 0 Å². The summed E-state index contributed by atoms with van der Waals surface area (Å²) >= 11 is 0. The van der Waals surface area contributed by atoms with Crippen molar-refractivity contribution in [3.63, 3.8) is 0 Å². The number of hydrogen-bond acceptors (Lipinski definition) is 7. The molecule has 0 aliphatic carbocycles. The molecule has 85 heavy (non-hydrogen) atoms. The Hall–Kier alpha value is -5.35. The minimum Gasteiger partial charge on any atom is -0.477 e. The van der Waals surface area contributed by atoms with Gasteiger partial charge in [0.15, 0.2) is 6.10 Å². The van der Waals surface area contributed by atoms with E-state index in [1.807, 2.05) is 21.1 Å². The van der Waals surface area contributed by atoms with Gasteiger partial charge in [-0.25, -0.2) is 4.79 Å². The van der Waals surface area contributed by atoms with Crippen molar-refractivity contribution in [3.05, 3.63) is 170 Å². The van der Waals surface area contributed by atoms with E-state index in [4.69, 9.17) is 18.9 Å². The molecule has 2 atom stereocenters. The predicted octanol–water partition coefficient (Wildman–Crippen LogP) is 20.7. The maximum Gasteiger partial charge on any atom is 0.361 e. The number of carbonyl (C=O) groups is 3. The van der Waals surface area contributed by atoms with Gasteiger partial charge >= 0.3 is 17.9 Å². The fourth-order valence-electron chi connectivity index (χ4n) is 8.44. The summed E-state index contributed by atoms with van der Waals surface area (Å²) in [5.74, 6) is -2.04. The smallest absolute Gasteiger partial charge is 0.361 e. The monoisotopic (exact) mass is 1180 g/mol. The third kappa shape index (κ3) is 66.0. The van der Waals surface area contributed by atoms with E-state index in [0.29, 0.717) is 17.4 Å². The lowest BCUT2D eigenvalue weighted by Crippen LogP contribution is -2.40. The normalized spacial score (nSPS) is 13.8. The maximum absolute atomic E-state index is 12.9. The molecule has 0 saturated heterocycles. The summed E-state index contributed by atoms with van der Waals surface area (Å²) in [5.41, 5.74) is 0. The molecule has 0 fully saturated rings. The molecule has 2 unspecified atom stereocenters. The van der Waals surface area contributed by atoms with Gasteiger partial charge in [0.05, 0.1) is 34.4 Å². The molecule has 0 heterocycles. The Kier molecular flexibility index (Phi) is 60.6. The first kappa shape index (κ1) is 79.7. The van der Waals surface area contributed by atoms with Crippen LogP contribution in [0.1, 0.15) is 232 Å². The summed E-state index contributed by atoms with van der Waals surface area (Å²) in [6, 6.07) is 0. The van der Waals surface area contributed by atoms with Crippen LogP contribution >= 0.6 is 0 Å². The third-order valence-electron chi connectivity index (χ3n) is 13.5. The molecule has 9 heteroatoms. The summed E-state index contributed by atoms with van der Waals surface area (Å²) in [6.45, 7) is 4.61. The van der Waals surface area contributed by atoms with Gasteiger partial charge in [-0.2, -0.15) is 0 Å². The van der Waals surface area contributed by atoms with Crippen LogP contribution in [-0.2, 0) is 33.3 Å². The van der Waals surface area contributed by atoms with Gasteiger partial charge in [0.25, 0.3) is 6.29 Å². The Bertz CT molecular complexity index is 2000. The largest absolute Gasteiger partial charge is 0.477 e. The molecule has 1 N–H and O–H groups in total. The number of quaternary nitrogens is 1. The molecule has 0 aromatic heterocycles. The number of hydrogen-bond donors (Lipinski definition) is 1. The van der Waals surface area contributed by atoms with Crippen LogP contribution in [0, 0.1) is 0 Å². The number of rotatable bonds is 59. The Morgan fingerprint density at radius 3 is 0.941 bits per heavy atom. The summed E-state index contributed by atoms with van der Waals surface area (Å²) < 4.78 is 22.9. The molecule has 9 nitrogen and oxygen atoms in total. The topological polar surface area (TPSA) is 108 Å². The first-order valence-corrected chi connectivity index (χ1v) is 33.3. The second-order valence-corrected chi connectivity index (χ2v) is 22.7. The third-order valence-corrected chi connectivity index (χ3v) is 13.5. The van der Waals surface area contributed by atoms with Crippen LogP contribution in [0.3, 0.4) is 0 Å². The average molecular weight is 1180 g/mol. The number of carbonyl (C=O) groups excluding carboxylic acids is 2. The fourth-order valence-corrected chi connectivity index (χ4v) is 8.44. The molecular weight excluding hydrogens is 1050 g/mol. The van der Waals surface area contributed by atoms with Crippen molar-refractivity contribution in [2.24, 2.45) is 0 Å². The number of nitrogens with zero attached hydrogens (tertiary/aromatic N) is 1. The van der Waals surface area contributed by atoms with Crippen LogP contribution in [0.4, 0.5) is 0 Å². The number of allylic oxidation sites excluding steroid dienone is 28. The van der Waals surface area contributed by atoms with E-state index in [0.717, 1.165) is 148 Å². The average Bonchev–Trinajstić information content (AvgIpc) is 3.49. The molecule has 0 aliphatic heterocycles. The molecule has 0 radical (unpaired) electrons. The van der Waals surface area contributed by atoms with E-state index in [1.165, 1.54) is 51.4 Å². The van der Waals surface area contributed by atoms with Crippen LogP contribution in [0.2, 0.25) is 0 Å². The van der Waals surface area contributed by atoms with Crippen molar-refractivity contribution >= 4 is 17.9 Å². The zero-order chi connectivity index (χ0) is 61.9. The SMILES string of the molecule is CC/C=C\C/C=C\C/C=C\C/C=C\C/C=C\C/C=C\C/C=C\C/C=C\C/C=C\C/C=C\CCCCCCCCCCC(=O)OC(COC(=O)CCCCCCCCCC/C=C\C/C=C\C/C=C\C/C=C\CC)COC(OCC[N+](C)(C)C)C(=O)O. The van der Waals surface area contributed by atoms with Crippen LogP contribution in [0.5, 0.6) is 0 Å². The van der Waals surface area contributed by atoms with E-state index < -0.39 is 24.3 Å². The van der Waals surface area contributed by atoms with Crippen LogP contribution in [0.25, 0.3) is 0 Å². The number of esters is 2. The summed E-state index contributed by atoms with van der Waals surface area (Å²) in [4.78, 5) is 37.6. The second-order valence-electron chi connectivity index (χ2n) is 22.7. The van der Waals surface area contributed by atoms with Gasteiger partial charge in [0, 0.05) is 12.8 Å². The lowest BCUT2D eigenvalue weighted by Gasteiger charge is -2.25. The first-order chi connectivity index (χ1) is 41.6. The molecule has 0 aliphatic rings. The van der Waals surface area contributed by atoms with Gasteiger partial charge in [-0.3, -0.25) is 9.59 Å². The second kappa shape index (κ2) is 64.6. The molecular formula is C76H122NO8+. The Labute approximate surface area is 520 Å². The molecule has 0 rings (SSSR count). The molecule has 0 aromatic rings. The molecule has 0 saturated carbocycles. The van der Waals surface area contributed by atoms with E-state index in [9.17, 15) is 19.5 Å². The van der Waals surface area contributed by atoms with E-state index in [2.05, 4.69) is 184 Å². The van der Waals surface area contributed by atoms with Gasteiger partial charge in [-0.1, -0.05) is 261 Å². The highest BCUT2D eigenvalue weighted by Gasteiger charge is 2.25. The molecule has 0 spiro atoms. The van der Waals surface area contributed by atoms with Crippen molar-refractivity contribution in [1.29, 1.82) is 0 Å². The zero-order valence-electron chi connectivity index (χ0n) is 54.4. The molecule has 0 bridgehead atoms. The Morgan fingerprint density at radius 2 is 0.635 bits per heavy atom. The first-order valence-electron chi connectivity index (χ1n) is 33.3. The van der Waals surface area contributed by atoms with Gasteiger partial charge in [-0.15, -0.1) is 0 Å². The van der Waals surface area contributed by atoms with Gasteiger partial charge in [-0.05, 0) is 128 Å². The van der Waals surface area contributed by atoms with Crippen LogP contribution in [-0.4, -0.2) is 87.4 Å². The van der Waals surface area contributed by atoms with Crippen molar-refractivity contribution < 1.29 is 42.9 Å². The number of likely N-dealkylation sites (N-methyl/N-ethyl adjacent to an activating group) is 1. The number of aliphatic carboxylic acids is 1. The highest BCUT2D eigenvalue weighted by atomic mass is 16.7. The highest BCUT2D eigenvalue weighted by Crippen LogP contribution is 2.15. The minimum absolute atomic E-state index is 0.175. The van der Waals surface area contributed by atoms with Crippen molar-refractivity contribution in [1.82, 2.24) is 0 Å². The Balaban J connectivity index is 4.22. The van der Waals surface area contributed by atoms with Crippen LogP contribution < -0.4 is 0 Å². The number of unbranched alkanes of at least 4 members (excludes halogenated alkanes) is 16. The lowest BCUT2D eigenvalue weighted by molar-refractivity contribution is -0.870. The van der Waals surface area contributed by atoms with Crippen molar-refractivity contribution in [2.75, 3.05) is 47.5 Å². The number of ether oxygens (including phenoxy) is 4. The number of carboxylic acid groups (broad SMARTS) is 1. The molecule has 478 valence electrons. The van der Waals surface area contributed by atoms with Gasteiger partial charge in [0.2, 0.25) is 0 Å². The summed E-state index contributed by atoms with van der Waals surface area (Å²) in [6.07, 6.45) is 94.4. The molecule has 0 amide bonds. The van der Waals surface area contributed by atoms with Gasteiger partial charge in [0.1, 0.15) is 13.2 Å².